The van der Waals surface area contributed by atoms with Gasteiger partial charge in [-0.15, -0.1) is 24.0 Å². The summed E-state index contributed by atoms with van der Waals surface area (Å²) in [6.45, 7) is 5.71. The normalized spacial score (nSPS) is 15.5. The van der Waals surface area contributed by atoms with Crippen molar-refractivity contribution in [2.45, 2.75) is 45.2 Å². The third kappa shape index (κ3) is 7.52. The van der Waals surface area contributed by atoms with Crippen LogP contribution in [0.2, 0.25) is 0 Å². The molecule has 0 unspecified atom stereocenters. The van der Waals surface area contributed by atoms with Crippen LogP contribution in [0, 0.1) is 0 Å². The van der Waals surface area contributed by atoms with Crippen molar-refractivity contribution >= 4 is 29.9 Å². The van der Waals surface area contributed by atoms with Crippen LogP contribution in [0.15, 0.2) is 35.3 Å². The van der Waals surface area contributed by atoms with Gasteiger partial charge in [-0.25, -0.2) is 4.99 Å². The molecular weight excluding hydrogens is 399 g/mol. The first-order valence-corrected chi connectivity index (χ1v) is 8.56. The molecule has 0 saturated heterocycles. The van der Waals surface area contributed by atoms with Crippen molar-refractivity contribution in [2.75, 3.05) is 26.7 Å². The summed E-state index contributed by atoms with van der Waals surface area (Å²) in [4.78, 5) is 7.14. The third-order valence-corrected chi connectivity index (χ3v) is 4.31. The van der Waals surface area contributed by atoms with Gasteiger partial charge < -0.3 is 15.5 Å². The molecule has 130 valence electrons. The van der Waals surface area contributed by atoms with Crippen molar-refractivity contribution in [1.29, 1.82) is 0 Å². The summed E-state index contributed by atoms with van der Waals surface area (Å²) in [5.41, 5.74) is 1.24. The van der Waals surface area contributed by atoms with Gasteiger partial charge >= 0.3 is 0 Å². The molecule has 0 aromatic heterocycles. The minimum absolute atomic E-state index is 0. The van der Waals surface area contributed by atoms with E-state index in [9.17, 15) is 0 Å². The van der Waals surface area contributed by atoms with Crippen LogP contribution in [0.25, 0.3) is 0 Å². The lowest BCUT2D eigenvalue weighted by Crippen LogP contribution is -2.42. The highest BCUT2D eigenvalue weighted by Gasteiger charge is 2.18. The van der Waals surface area contributed by atoms with Gasteiger partial charge in [0.2, 0.25) is 0 Å². The van der Waals surface area contributed by atoms with Gasteiger partial charge in [0.1, 0.15) is 0 Å². The Bertz CT molecular complexity index is 444. The van der Waals surface area contributed by atoms with Gasteiger partial charge in [-0.2, -0.15) is 0 Å². The Morgan fingerprint density at radius 2 is 1.87 bits per heavy atom. The number of rotatable bonds is 7. The van der Waals surface area contributed by atoms with Crippen molar-refractivity contribution in [1.82, 2.24) is 15.5 Å². The fourth-order valence-electron chi connectivity index (χ4n) is 2.97. The summed E-state index contributed by atoms with van der Waals surface area (Å²) < 4.78 is 0. The summed E-state index contributed by atoms with van der Waals surface area (Å²) in [6.07, 6.45) is 5.50. The monoisotopic (exact) mass is 430 g/mol. The number of benzene rings is 1. The first-order chi connectivity index (χ1) is 10.8. The number of nitrogens with zero attached hydrogens (tertiary/aromatic N) is 2. The molecule has 0 bridgehead atoms. The van der Waals surface area contributed by atoms with Gasteiger partial charge in [0, 0.05) is 25.7 Å². The number of hydrogen-bond donors (Lipinski definition) is 2. The molecule has 1 aliphatic carbocycles. The number of likely N-dealkylation sites (N-methyl/N-ethyl adjacent to an activating group) is 1. The molecule has 0 atom stereocenters. The van der Waals surface area contributed by atoms with Crippen LogP contribution in [-0.2, 0) is 6.54 Å². The molecule has 1 aliphatic rings. The second-order valence-electron chi connectivity index (χ2n) is 6.03. The SMILES string of the molecule is CCNC(=NCc1ccccc1)NCCN(C)C1CCCC1.I. The van der Waals surface area contributed by atoms with Crippen LogP contribution < -0.4 is 10.6 Å². The molecule has 23 heavy (non-hydrogen) atoms. The van der Waals surface area contributed by atoms with E-state index in [4.69, 9.17) is 0 Å². The van der Waals surface area contributed by atoms with E-state index in [1.165, 1.54) is 31.2 Å². The Hall–Kier alpha value is -0.820. The predicted octanol–water partition coefficient (Wildman–Crippen LogP) is 3.23. The maximum absolute atomic E-state index is 4.65. The van der Waals surface area contributed by atoms with Crippen LogP contribution in [0.3, 0.4) is 0 Å². The molecule has 2 rings (SSSR count). The zero-order valence-electron chi connectivity index (χ0n) is 14.4. The lowest BCUT2D eigenvalue weighted by Gasteiger charge is -2.24. The van der Waals surface area contributed by atoms with Crippen LogP contribution >= 0.6 is 24.0 Å². The maximum atomic E-state index is 4.65. The first-order valence-electron chi connectivity index (χ1n) is 8.56. The predicted molar refractivity (Wildman–Crippen MR) is 110 cm³/mol. The van der Waals surface area contributed by atoms with E-state index >= 15 is 0 Å². The molecule has 1 aromatic carbocycles. The average molecular weight is 430 g/mol. The fourth-order valence-corrected chi connectivity index (χ4v) is 2.97. The zero-order valence-corrected chi connectivity index (χ0v) is 16.8. The zero-order chi connectivity index (χ0) is 15.6. The fraction of sp³-hybridized carbons (Fsp3) is 0.611. The lowest BCUT2D eigenvalue weighted by molar-refractivity contribution is 0.249. The van der Waals surface area contributed by atoms with Crippen molar-refractivity contribution < 1.29 is 0 Å². The highest BCUT2D eigenvalue weighted by molar-refractivity contribution is 14.0. The van der Waals surface area contributed by atoms with Crippen molar-refractivity contribution in [2.24, 2.45) is 4.99 Å². The summed E-state index contributed by atoms with van der Waals surface area (Å²) in [7, 11) is 2.24. The van der Waals surface area contributed by atoms with Crippen LogP contribution in [0.1, 0.15) is 38.2 Å². The standard InChI is InChI=1S/C18H30N4.HI/c1-3-19-18(21-15-16-9-5-4-6-10-16)20-13-14-22(2)17-11-7-8-12-17;/h4-6,9-10,17H,3,7-8,11-15H2,1-2H3,(H2,19,20,21);1H. The number of guanidine groups is 1. The Morgan fingerprint density at radius 1 is 1.17 bits per heavy atom. The summed E-state index contributed by atoms with van der Waals surface area (Å²) >= 11 is 0. The van der Waals surface area contributed by atoms with Gasteiger partial charge in [0.25, 0.3) is 0 Å². The topological polar surface area (TPSA) is 39.7 Å². The van der Waals surface area contributed by atoms with E-state index < -0.39 is 0 Å². The Balaban J connectivity index is 0.00000264. The van der Waals surface area contributed by atoms with Gasteiger partial charge in [-0.1, -0.05) is 43.2 Å². The quantitative estimate of drug-likeness (QED) is 0.397. The summed E-state index contributed by atoms with van der Waals surface area (Å²) in [6, 6.07) is 11.2. The third-order valence-electron chi connectivity index (χ3n) is 4.31. The van der Waals surface area contributed by atoms with Gasteiger partial charge in [-0.3, -0.25) is 0 Å². The highest BCUT2D eigenvalue weighted by atomic mass is 127. The molecular formula is C18H31IN4. The average Bonchev–Trinajstić information content (AvgIpc) is 3.08. The van der Waals surface area contributed by atoms with Gasteiger partial charge in [-0.05, 0) is 32.4 Å². The van der Waals surface area contributed by atoms with Gasteiger partial charge in [0.15, 0.2) is 5.96 Å². The smallest absolute Gasteiger partial charge is 0.191 e. The van der Waals surface area contributed by atoms with Crippen molar-refractivity contribution in [3.8, 4) is 0 Å². The van der Waals surface area contributed by atoms with Crippen molar-refractivity contribution in [3.05, 3.63) is 35.9 Å². The molecule has 1 fully saturated rings. The Morgan fingerprint density at radius 3 is 2.52 bits per heavy atom. The molecule has 0 spiro atoms. The van der Waals surface area contributed by atoms with E-state index in [2.05, 4.69) is 58.8 Å². The molecule has 0 amide bonds. The number of aliphatic imine (C=N–C) groups is 1. The highest BCUT2D eigenvalue weighted by Crippen LogP contribution is 2.21. The molecule has 0 aliphatic heterocycles. The Labute approximate surface area is 158 Å². The Kier molecular flexibility index (Phi) is 10.3. The lowest BCUT2D eigenvalue weighted by atomic mass is 10.2. The minimum atomic E-state index is 0. The van der Waals surface area contributed by atoms with E-state index in [1.54, 1.807) is 0 Å². The molecule has 0 heterocycles. The molecule has 4 nitrogen and oxygen atoms in total. The second-order valence-corrected chi connectivity index (χ2v) is 6.03. The second kappa shape index (κ2) is 11.7. The number of halogens is 1. The molecule has 1 saturated carbocycles. The summed E-state index contributed by atoms with van der Waals surface area (Å²) in [5.74, 6) is 0.908. The van der Waals surface area contributed by atoms with Crippen LogP contribution in [-0.4, -0.2) is 43.6 Å². The molecule has 1 aromatic rings. The van der Waals surface area contributed by atoms with Crippen LogP contribution in [0.5, 0.6) is 0 Å². The van der Waals surface area contributed by atoms with E-state index in [0.717, 1.165) is 31.6 Å². The molecule has 5 heteroatoms. The molecule has 2 N–H and O–H groups in total. The first kappa shape index (κ1) is 20.2. The minimum Gasteiger partial charge on any atom is -0.357 e. The van der Waals surface area contributed by atoms with Gasteiger partial charge in [0.05, 0.1) is 6.54 Å². The van der Waals surface area contributed by atoms with E-state index in [-0.39, 0.29) is 24.0 Å². The number of hydrogen-bond acceptors (Lipinski definition) is 2. The van der Waals surface area contributed by atoms with Crippen LogP contribution in [0.4, 0.5) is 0 Å². The maximum Gasteiger partial charge on any atom is 0.191 e. The largest absolute Gasteiger partial charge is 0.357 e. The summed E-state index contributed by atoms with van der Waals surface area (Å²) in [5, 5.41) is 6.76. The van der Waals surface area contributed by atoms with E-state index in [1.807, 2.05) is 6.07 Å². The van der Waals surface area contributed by atoms with E-state index in [0.29, 0.717) is 6.54 Å². The van der Waals surface area contributed by atoms with Crippen molar-refractivity contribution in [3.63, 3.8) is 0 Å². The molecule has 0 radical (unpaired) electrons. The number of nitrogens with one attached hydrogen (secondary N) is 2.